The Morgan fingerprint density at radius 2 is 1.70 bits per heavy atom. The number of Topliss-reactive ketones (excluding diaryl/α,β-unsaturated/α-hetero) is 1. The molecule has 2 aliphatic rings. The van der Waals surface area contributed by atoms with Gasteiger partial charge in [-0.05, 0) is 66.5 Å². The van der Waals surface area contributed by atoms with Gasteiger partial charge in [0.25, 0.3) is 7.28 Å². The van der Waals surface area contributed by atoms with Crippen LogP contribution in [0.5, 0.6) is 0 Å². The van der Waals surface area contributed by atoms with E-state index in [2.05, 4.69) is 22.5 Å². The van der Waals surface area contributed by atoms with Crippen LogP contribution in [0.1, 0.15) is 69.9 Å². The molecule has 1 unspecified atom stereocenters. The average Bonchev–Trinajstić information content (AvgIpc) is 3.64. The van der Waals surface area contributed by atoms with Gasteiger partial charge in [-0.15, -0.1) is 11.8 Å². The van der Waals surface area contributed by atoms with Crippen LogP contribution in [-0.4, -0.2) is 55.3 Å². The molecule has 0 aliphatic heterocycles. The zero-order valence-corrected chi connectivity index (χ0v) is 26.1. The van der Waals surface area contributed by atoms with Crippen LogP contribution in [-0.2, 0) is 32.1 Å². The van der Waals surface area contributed by atoms with Crippen LogP contribution in [0.15, 0.2) is 24.3 Å². The van der Waals surface area contributed by atoms with Crippen molar-refractivity contribution in [3.05, 3.63) is 35.4 Å². The Morgan fingerprint density at radius 3 is 2.23 bits per heavy atom. The van der Waals surface area contributed by atoms with Crippen molar-refractivity contribution in [2.45, 2.75) is 84.7 Å². The summed E-state index contributed by atoms with van der Waals surface area (Å²) in [7, 11) is 1.43. The molecular weight excluding hydrogens is 559 g/mol. The first-order chi connectivity index (χ1) is 21.1. The number of nitriles is 1. The lowest BCUT2D eigenvalue weighted by Crippen LogP contribution is -2.46. The monoisotopic (exact) mass is 605 g/mol. The van der Waals surface area contributed by atoms with Crippen molar-refractivity contribution in [2.24, 2.45) is 35.3 Å². The number of ether oxygens (including phenoxy) is 1. The number of nitrogens with one attached hydrogen (secondary N) is 2. The number of hydrogen-bond donors (Lipinski definition) is 4. The maximum absolute atomic E-state index is 13.3. The van der Waals surface area contributed by atoms with E-state index in [1.165, 1.54) is 7.28 Å². The van der Waals surface area contributed by atoms with Gasteiger partial charge in [-0.2, -0.15) is 0 Å². The number of ketones is 1. The molecular formula is C33H46BN4O6. The van der Waals surface area contributed by atoms with E-state index in [0.29, 0.717) is 37.2 Å². The predicted molar refractivity (Wildman–Crippen MR) is 168 cm³/mol. The Balaban J connectivity index is 0.00000159. The average molecular weight is 606 g/mol. The number of amides is 3. The van der Waals surface area contributed by atoms with E-state index < -0.39 is 24.0 Å². The number of urea groups is 1. The van der Waals surface area contributed by atoms with Crippen LogP contribution in [0.2, 0.25) is 6.82 Å². The van der Waals surface area contributed by atoms with Gasteiger partial charge in [-0.25, -0.2) is 10.1 Å². The van der Waals surface area contributed by atoms with Gasteiger partial charge in [-0.3, -0.25) is 14.4 Å². The fourth-order valence-electron chi connectivity index (χ4n) is 5.54. The molecule has 5 N–H and O–H groups in total. The predicted octanol–water partition coefficient (Wildman–Crippen LogP) is 3.09. The smallest absolute Gasteiger partial charge is 0.312 e. The quantitative estimate of drug-likeness (QED) is 0.103. The standard InChI is InChI=1S/C31H43N3O6.C2H3BN/c1-20(2)25(17-29(37)40-19-26-23-8-5-3-4-6-9-24(23)26)30(38)34-27(10-7-15-33-31(32)39)28(36)16-21-11-13-22(18-35)14-12-21;1-3-2-4/h11-14,20,23-27,35H,5-10,15-19H2,1-2H3,(H,34,38)(H3,32,33,39);1H3/t23-,24+,25-,26?,27-;/m0./s1. The third-order valence-electron chi connectivity index (χ3n) is 8.19. The Bertz CT molecular complexity index is 1190. The topological polar surface area (TPSA) is 172 Å². The maximum atomic E-state index is 13.3. The van der Waals surface area contributed by atoms with E-state index in [1.807, 2.05) is 13.8 Å². The molecule has 0 spiro atoms. The van der Waals surface area contributed by atoms with Crippen molar-refractivity contribution in [3.63, 3.8) is 0 Å². The molecule has 1 saturated carbocycles. The fourth-order valence-corrected chi connectivity index (χ4v) is 5.54. The summed E-state index contributed by atoms with van der Waals surface area (Å²) < 4.78 is 5.63. The minimum absolute atomic E-state index is 0.0541. The summed E-state index contributed by atoms with van der Waals surface area (Å²) in [5.74, 6) is 7.96. The number of nitrogens with zero attached hydrogens (tertiary/aromatic N) is 1. The van der Waals surface area contributed by atoms with E-state index in [4.69, 9.17) is 15.7 Å². The molecule has 0 heterocycles. The molecule has 0 bridgehead atoms. The van der Waals surface area contributed by atoms with Crippen LogP contribution in [0, 0.1) is 52.7 Å². The molecule has 2 aliphatic carbocycles. The van der Waals surface area contributed by atoms with Crippen molar-refractivity contribution >= 4 is 31.0 Å². The number of primary amides is 1. The van der Waals surface area contributed by atoms with Crippen molar-refractivity contribution < 1.29 is 29.0 Å². The molecule has 237 valence electrons. The summed E-state index contributed by atoms with van der Waals surface area (Å²) >= 11 is 0. The van der Waals surface area contributed by atoms with Crippen LogP contribution >= 0.6 is 0 Å². The van der Waals surface area contributed by atoms with E-state index >= 15 is 0 Å². The Labute approximate surface area is 262 Å². The first-order valence-electron chi connectivity index (χ1n) is 15.4. The summed E-state index contributed by atoms with van der Waals surface area (Å²) in [5.41, 5.74) is 6.64. The summed E-state index contributed by atoms with van der Waals surface area (Å²) in [6.07, 6.45) is 4.68. The molecule has 10 nitrogen and oxygen atoms in total. The Morgan fingerprint density at radius 1 is 1.11 bits per heavy atom. The van der Waals surface area contributed by atoms with Crippen LogP contribution < -0.4 is 16.4 Å². The molecule has 3 rings (SSSR count). The van der Waals surface area contributed by atoms with Gasteiger partial charge in [0.2, 0.25) is 5.91 Å². The largest absolute Gasteiger partial charge is 0.465 e. The van der Waals surface area contributed by atoms with Crippen LogP contribution in [0.25, 0.3) is 0 Å². The number of carbonyl (C=O) groups excluding carboxylic acids is 4. The lowest BCUT2D eigenvalue weighted by atomic mass is 9.86. The summed E-state index contributed by atoms with van der Waals surface area (Å²) in [6.45, 7) is 6.00. The summed E-state index contributed by atoms with van der Waals surface area (Å²) in [5, 5.41) is 22.2. The zero-order chi connectivity index (χ0) is 32.5. The first kappa shape index (κ1) is 36.4. The lowest BCUT2D eigenvalue weighted by Gasteiger charge is -2.24. The minimum atomic E-state index is -0.790. The third kappa shape index (κ3) is 12.8. The number of carbonyl (C=O) groups is 4. The van der Waals surface area contributed by atoms with E-state index in [0.717, 1.165) is 36.8 Å². The normalized spacial score (nSPS) is 19.4. The summed E-state index contributed by atoms with van der Waals surface area (Å²) in [4.78, 5) is 50.4. The van der Waals surface area contributed by atoms with Gasteiger partial charge < -0.3 is 26.2 Å². The van der Waals surface area contributed by atoms with Gasteiger partial charge in [0.05, 0.1) is 31.6 Å². The van der Waals surface area contributed by atoms with Crippen LogP contribution in [0.3, 0.4) is 0 Å². The fraction of sp³-hybridized carbons (Fsp3) is 0.606. The number of aliphatic hydroxyl groups is 1. The van der Waals surface area contributed by atoms with Gasteiger partial charge in [0.15, 0.2) is 5.78 Å². The molecule has 1 aromatic rings. The zero-order valence-electron chi connectivity index (χ0n) is 26.1. The number of aliphatic hydroxyl groups excluding tert-OH is 1. The number of fused-ring (bicyclic) bond motifs is 1. The molecule has 5 atom stereocenters. The molecule has 3 amide bonds. The molecule has 0 saturated heterocycles. The van der Waals surface area contributed by atoms with E-state index in [-0.39, 0.29) is 43.6 Å². The second-order valence-electron chi connectivity index (χ2n) is 11.7. The first-order valence-corrected chi connectivity index (χ1v) is 15.4. The Hall–Kier alpha value is -3.83. The highest BCUT2D eigenvalue weighted by Crippen LogP contribution is 2.52. The second-order valence-corrected chi connectivity index (χ2v) is 11.7. The SMILES string of the molecule is CC(C)[C@H](CC(=O)OCC1[C@H]2CCC#CCC[C@@H]12)C(=O)N[C@@H](CCCNC(N)=O)C(=O)Cc1ccc(CO)cc1.C[B]C#N. The van der Waals surface area contributed by atoms with Gasteiger partial charge in [0, 0.05) is 25.8 Å². The molecule has 0 aromatic heterocycles. The highest BCUT2D eigenvalue weighted by atomic mass is 16.5. The maximum Gasteiger partial charge on any atom is 0.312 e. The highest BCUT2D eigenvalue weighted by Gasteiger charge is 2.49. The van der Waals surface area contributed by atoms with Crippen molar-refractivity contribution in [1.82, 2.24) is 10.6 Å². The molecule has 1 aromatic carbocycles. The number of benzene rings is 1. The molecule has 44 heavy (non-hydrogen) atoms. The van der Waals surface area contributed by atoms with Gasteiger partial charge in [-0.1, -0.05) is 44.9 Å². The summed E-state index contributed by atoms with van der Waals surface area (Å²) in [6, 6.07) is 5.61. The van der Waals surface area contributed by atoms with Crippen LogP contribution in [0.4, 0.5) is 4.79 Å². The molecule has 1 radical (unpaired) electrons. The van der Waals surface area contributed by atoms with Crippen molar-refractivity contribution in [2.75, 3.05) is 13.2 Å². The minimum Gasteiger partial charge on any atom is -0.465 e. The van der Waals surface area contributed by atoms with Crippen molar-refractivity contribution in [1.29, 1.82) is 5.26 Å². The van der Waals surface area contributed by atoms with E-state index in [1.54, 1.807) is 37.1 Å². The third-order valence-corrected chi connectivity index (χ3v) is 8.19. The Kier molecular flexibility index (Phi) is 16.1. The van der Waals surface area contributed by atoms with Gasteiger partial charge >= 0.3 is 12.0 Å². The second kappa shape index (κ2) is 19.5. The lowest BCUT2D eigenvalue weighted by molar-refractivity contribution is -0.148. The number of nitrogens with two attached hydrogens (primary N) is 1. The van der Waals surface area contributed by atoms with Gasteiger partial charge in [0.1, 0.15) is 0 Å². The highest BCUT2D eigenvalue weighted by molar-refractivity contribution is 6.43. The number of esters is 1. The van der Waals surface area contributed by atoms with E-state index in [9.17, 15) is 24.3 Å². The molecule has 1 fully saturated rings. The number of hydrogen-bond acceptors (Lipinski definition) is 7. The van der Waals surface area contributed by atoms with Crippen molar-refractivity contribution in [3.8, 4) is 17.8 Å². The number of rotatable bonds is 15. The molecule has 11 heteroatoms.